The Morgan fingerprint density at radius 3 is 2.31 bits per heavy atom. The van der Waals surface area contributed by atoms with Crippen LogP contribution in [0.25, 0.3) is 21.9 Å². The van der Waals surface area contributed by atoms with Crippen LogP contribution in [0.5, 0.6) is 0 Å². The number of carbonyl (C=O) groups excluding carboxylic acids is 2. The van der Waals surface area contributed by atoms with E-state index in [-0.39, 0.29) is 17.7 Å². The zero-order valence-corrected chi connectivity index (χ0v) is 20.1. The lowest BCUT2D eigenvalue weighted by atomic mass is 10.00. The van der Waals surface area contributed by atoms with Crippen molar-refractivity contribution >= 4 is 34.2 Å². The Bertz CT molecular complexity index is 1490. The van der Waals surface area contributed by atoms with E-state index in [1.165, 1.54) is 4.90 Å². The van der Waals surface area contributed by atoms with Gasteiger partial charge in [0.1, 0.15) is 6.04 Å². The molecule has 0 spiro atoms. The van der Waals surface area contributed by atoms with Crippen LogP contribution >= 0.6 is 0 Å². The fourth-order valence-electron chi connectivity index (χ4n) is 4.87. The van der Waals surface area contributed by atoms with Gasteiger partial charge in [-0.2, -0.15) is 0 Å². The van der Waals surface area contributed by atoms with Crippen LogP contribution in [0.1, 0.15) is 40.1 Å². The maximum Gasteiger partial charge on any atom is 0.326 e. The number of benzene rings is 4. The van der Waals surface area contributed by atoms with Crippen LogP contribution in [0.15, 0.2) is 84.9 Å². The molecular weight excluding hydrogens is 452 g/mol. The molecule has 1 aliphatic rings. The van der Waals surface area contributed by atoms with Crippen LogP contribution in [0.2, 0.25) is 0 Å². The highest BCUT2D eigenvalue weighted by molar-refractivity contribution is 6.13. The molecule has 1 unspecified atom stereocenters. The molecule has 6 heteroatoms. The molecule has 6 nitrogen and oxygen atoms in total. The highest BCUT2D eigenvalue weighted by Crippen LogP contribution is 2.32. The normalized spacial score (nSPS) is 13.6. The lowest BCUT2D eigenvalue weighted by Gasteiger charge is -2.27. The van der Waals surface area contributed by atoms with Crippen LogP contribution in [0, 0.1) is 5.92 Å². The Hall–Kier alpha value is -4.45. The van der Waals surface area contributed by atoms with Crippen molar-refractivity contribution in [1.82, 2.24) is 4.90 Å². The number of anilines is 1. The van der Waals surface area contributed by atoms with Gasteiger partial charge in [-0.15, -0.1) is 0 Å². The lowest BCUT2D eigenvalue weighted by molar-refractivity contribution is -0.144. The molecule has 0 aliphatic carbocycles. The van der Waals surface area contributed by atoms with E-state index in [2.05, 4.69) is 5.32 Å². The van der Waals surface area contributed by atoms with Gasteiger partial charge in [-0.05, 0) is 57.6 Å². The largest absolute Gasteiger partial charge is 0.480 e. The SMILES string of the molecule is CC(C)C(C(=O)O)N1Cc2ccc(-c3ccc(NC(=O)c4cccc5ccccc45)cc3)cc2C1=O. The second-order valence-electron chi connectivity index (χ2n) is 9.39. The molecule has 5 rings (SSSR count). The summed E-state index contributed by atoms with van der Waals surface area (Å²) in [5, 5.41) is 14.5. The summed E-state index contributed by atoms with van der Waals surface area (Å²) >= 11 is 0. The van der Waals surface area contributed by atoms with Gasteiger partial charge in [-0.3, -0.25) is 9.59 Å². The second kappa shape index (κ2) is 9.30. The first-order valence-electron chi connectivity index (χ1n) is 11.9. The Labute approximate surface area is 209 Å². The number of nitrogens with zero attached hydrogens (tertiary/aromatic N) is 1. The molecule has 0 saturated carbocycles. The van der Waals surface area contributed by atoms with Crippen molar-refractivity contribution in [3.63, 3.8) is 0 Å². The number of carbonyl (C=O) groups is 3. The third kappa shape index (κ3) is 4.22. The summed E-state index contributed by atoms with van der Waals surface area (Å²) in [6.45, 7) is 3.91. The highest BCUT2D eigenvalue weighted by Gasteiger charge is 2.38. The Morgan fingerprint density at radius 2 is 1.58 bits per heavy atom. The number of rotatable bonds is 6. The van der Waals surface area contributed by atoms with Gasteiger partial charge < -0.3 is 15.3 Å². The minimum Gasteiger partial charge on any atom is -0.480 e. The van der Waals surface area contributed by atoms with E-state index in [0.29, 0.717) is 23.4 Å². The predicted octanol–water partition coefficient (Wildman–Crippen LogP) is 5.82. The number of nitrogens with one attached hydrogen (secondary N) is 1. The zero-order valence-electron chi connectivity index (χ0n) is 20.1. The minimum atomic E-state index is -0.993. The number of aliphatic carboxylic acids is 1. The van der Waals surface area contributed by atoms with E-state index in [0.717, 1.165) is 27.5 Å². The van der Waals surface area contributed by atoms with Crippen LogP contribution in [0.4, 0.5) is 5.69 Å². The molecule has 0 aromatic heterocycles. The smallest absolute Gasteiger partial charge is 0.326 e. The molecule has 1 atom stereocenters. The number of hydrogen-bond acceptors (Lipinski definition) is 3. The van der Waals surface area contributed by atoms with E-state index in [1.807, 2.05) is 84.9 Å². The number of carboxylic acid groups (broad SMARTS) is 1. The second-order valence-corrected chi connectivity index (χ2v) is 9.39. The third-order valence-electron chi connectivity index (χ3n) is 6.67. The maximum absolute atomic E-state index is 13.0. The van der Waals surface area contributed by atoms with Gasteiger partial charge in [0.15, 0.2) is 0 Å². The molecule has 0 radical (unpaired) electrons. The van der Waals surface area contributed by atoms with Crippen LogP contribution < -0.4 is 5.32 Å². The van der Waals surface area contributed by atoms with Gasteiger partial charge in [0.2, 0.25) is 0 Å². The van der Waals surface area contributed by atoms with Crippen LogP contribution in [-0.4, -0.2) is 33.8 Å². The summed E-state index contributed by atoms with van der Waals surface area (Å²) in [6, 6.07) is 25.7. The van der Waals surface area contributed by atoms with E-state index in [9.17, 15) is 19.5 Å². The van der Waals surface area contributed by atoms with Crippen molar-refractivity contribution in [2.75, 3.05) is 5.32 Å². The lowest BCUT2D eigenvalue weighted by Crippen LogP contribution is -2.44. The van der Waals surface area contributed by atoms with Crippen LogP contribution in [0.3, 0.4) is 0 Å². The first kappa shape index (κ1) is 23.3. The Balaban J connectivity index is 1.35. The van der Waals surface area contributed by atoms with E-state index in [1.54, 1.807) is 13.8 Å². The van der Waals surface area contributed by atoms with Crippen molar-refractivity contribution in [2.24, 2.45) is 5.92 Å². The van der Waals surface area contributed by atoms with Crippen molar-refractivity contribution in [2.45, 2.75) is 26.4 Å². The quantitative estimate of drug-likeness (QED) is 0.365. The standard InChI is InChI=1S/C30H26N2O4/c1-18(2)27(30(35)36)32-17-22-11-10-21(16-26(22)29(32)34)19-12-14-23(15-13-19)31-28(33)25-9-5-7-20-6-3-4-8-24(20)25/h3-16,18,27H,17H2,1-2H3,(H,31,33)(H,35,36). The number of carboxylic acids is 1. The molecule has 0 saturated heterocycles. The Morgan fingerprint density at radius 1 is 0.889 bits per heavy atom. The topological polar surface area (TPSA) is 86.7 Å². The zero-order chi connectivity index (χ0) is 25.4. The van der Waals surface area contributed by atoms with Gasteiger partial charge in [0, 0.05) is 23.4 Å². The summed E-state index contributed by atoms with van der Waals surface area (Å²) < 4.78 is 0. The molecule has 4 aromatic carbocycles. The molecule has 1 heterocycles. The molecule has 180 valence electrons. The number of hydrogen-bond donors (Lipinski definition) is 2. The summed E-state index contributed by atoms with van der Waals surface area (Å²) in [5.74, 6) is -1.63. The van der Waals surface area contributed by atoms with Gasteiger partial charge in [-0.1, -0.05) is 74.5 Å². The Kier molecular flexibility index (Phi) is 6.02. The molecule has 4 aromatic rings. The molecule has 0 bridgehead atoms. The van der Waals surface area contributed by atoms with Crippen molar-refractivity contribution in [1.29, 1.82) is 0 Å². The average molecular weight is 479 g/mol. The fourth-order valence-corrected chi connectivity index (χ4v) is 4.87. The van der Waals surface area contributed by atoms with Crippen molar-refractivity contribution in [3.8, 4) is 11.1 Å². The minimum absolute atomic E-state index is 0.180. The molecule has 0 fully saturated rings. The summed E-state index contributed by atoms with van der Waals surface area (Å²) in [7, 11) is 0. The average Bonchev–Trinajstić information content (AvgIpc) is 3.18. The first-order valence-corrected chi connectivity index (χ1v) is 11.9. The van der Waals surface area contributed by atoms with Crippen molar-refractivity contribution < 1.29 is 19.5 Å². The molecular formula is C30H26N2O4. The monoisotopic (exact) mass is 478 g/mol. The molecule has 36 heavy (non-hydrogen) atoms. The van der Waals surface area contributed by atoms with E-state index < -0.39 is 12.0 Å². The first-order chi connectivity index (χ1) is 17.3. The maximum atomic E-state index is 13.0. The fraction of sp³-hybridized carbons (Fsp3) is 0.167. The number of amides is 2. The van der Waals surface area contributed by atoms with Gasteiger partial charge in [0.05, 0.1) is 0 Å². The van der Waals surface area contributed by atoms with Crippen molar-refractivity contribution in [3.05, 3.63) is 102 Å². The van der Waals surface area contributed by atoms with Gasteiger partial charge in [0.25, 0.3) is 11.8 Å². The third-order valence-corrected chi connectivity index (χ3v) is 6.67. The number of fused-ring (bicyclic) bond motifs is 2. The van der Waals surface area contributed by atoms with Crippen LogP contribution in [-0.2, 0) is 11.3 Å². The predicted molar refractivity (Wildman–Crippen MR) is 140 cm³/mol. The molecule has 1 aliphatic heterocycles. The van der Waals surface area contributed by atoms with E-state index in [4.69, 9.17) is 0 Å². The van der Waals surface area contributed by atoms with E-state index >= 15 is 0 Å². The molecule has 2 amide bonds. The summed E-state index contributed by atoms with van der Waals surface area (Å²) in [6.07, 6.45) is 0. The highest BCUT2D eigenvalue weighted by atomic mass is 16.4. The van der Waals surface area contributed by atoms with Gasteiger partial charge >= 0.3 is 5.97 Å². The summed E-state index contributed by atoms with van der Waals surface area (Å²) in [5.41, 5.74) is 4.39. The molecule has 2 N–H and O–H groups in total. The summed E-state index contributed by atoms with van der Waals surface area (Å²) in [4.78, 5) is 39.2. The van der Waals surface area contributed by atoms with Gasteiger partial charge in [-0.25, -0.2) is 4.79 Å².